The molecule has 0 spiro atoms. The summed E-state index contributed by atoms with van der Waals surface area (Å²) in [6, 6.07) is 3.25. The summed E-state index contributed by atoms with van der Waals surface area (Å²) in [7, 11) is -1.18. The van der Waals surface area contributed by atoms with Crippen LogP contribution in [0.1, 0.15) is 10.4 Å². The number of benzene rings is 1. The molecule has 0 heterocycles. The second kappa shape index (κ2) is 6.14. The molecule has 0 atom stereocenters. The highest BCUT2D eigenvalue weighted by atomic mass is 32.2. The number of halogens is 2. The highest BCUT2D eigenvalue weighted by Gasteiger charge is 2.21. The first-order valence-corrected chi connectivity index (χ1v) is 6.92. The molecule has 0 radical (unpaired) electrons. The minimum atomic E-state index is -3.79. The zero-order valence-corrected chi connectivity index (χ0v) is 11.6. The molecule has 1 rings (SSSR count). The van der Waals surface area contributed by atoms with Gasteiger partial charge in [0.1, 0.15) is 0 Å². The van der Waals surface area contributed by atoms with Crippen LogP contribution in [-0.2, 0) is 10.0 Å². The number of sulfonamides is 1. The minimum absolute atomic E-state index is 0.0597. The van der Waals surface area contributed by atoms with Crippen LogP contribution in [0.4, 0.5) is 14.5 Å². The van der Waals surface area contributed by atoms with Gasteiger partial charge in [-0.1, -0.05) is 0 Å². The lowest BCUT2D eigenvalue weighted by atomic mass is 10.2. The predicted octanol–water partition coefficient (Wildman–Crippen LogP) is 1.31. The summed E-state index contributed by atoms with van der Waals surface area (Å²) in [4.78, 5) is 10.9. The molecule has 0 saturated heterocycles. The Morgan fingerprint density at radius 3 is 2.45 bits per heavy atom. The molecule has 0 aromatic heterocycles. The third-order valence-electron chi connectivity index (χ3n) is 2.45. The largest absolute Gasteiger partial charge is 0.478 e. The Balaban J connectivity index is 3.24. The van der Waals surface area contributed by atoms with Gasteiger partial charge in [0.05, 0.1) is 17.0 Å². The molecule has 9 heteroatoms. The molecule has 20 heavy (non-hydrogen) atoms. The first-order valence-electron chi connectivity index (χ1n) is 5.48. The molecule has 6 nitrogen and oxygen atoms in total. The van der Waals surface area contributed by atoms with Gasteiger partial charge < -0.3 is 10.4 Å². The van der Waals surface area contributed by atoms with Gasteiger partial charge in [0.15, 0.2) is 0 Å². The van der Waals surface area contributed by atoms with Gasteiger partial charge in [0, 0.05) is 19.8 Å². The van der Waals surface area contributed by atoms with Gasteiger partial charge in [-0.15, -0.1) is 0 Å². The zero-order valence-electron chi connectivity index (χ0n) is 10.8. The van der Waals surface area contributed by atoms with Crippen molar-refractivity contribution in [3.8, 4) is 0 Å². The second-order valence-electron chi connectivity index (χ2n) is 4.07. The Labute approximate surface area is 115 Å². The van der Waals surface area contributed by atoms with Crippen LogP contribution in [0.5, 0.6) is 0 Å². The quantitative estimate of drug-likeness (QED) is 0.827. The summed E-state index contributed by atoms with van der Waals surface area (Å²) in [6.07, 6.45) is -2.65. The first-order chi connectivity index (χ1) is 9.16. The minimum Gasteiger partial charge on any atom is -0.478 e. The average molecular weight is 308 g/mol. The maximum Gasteiger partial charge on any atom is 0.337 e. The lowest BCUT2D eigenvalue weighted by molar-refractivity contribution is 0.0697. The van der Waals surface area contributed by atoms with Gasteiger partial charge in [-0.05, 0) is 18.2 Å². The van der Waals surface area contributed by atoms with Crippen LogP contribution in [0, 0.1) is 0 Å². The molecule has 0 aliphatic heterocycles. The van der Waals surface area contributed by atoms with Crippen molar-refractivity contribution in [2.24, 2.45) is 0 Å². The summed E-state index contributed by atoms with van der Waals surface area (Å²) in [5.74, 6) is -1.41. The van der Waals surface area contributed by atoms with Crippen LogP contribution in [0.15, 0.2) is 23.1 Å². The standard InChI is InChI=1S/C11H14F2N2O4S/c1-15(2)20(18,19)7-3-4-9(14-6-10(12)13)8(5-7)11(16)17/h3-5,10,14H,6H2,1-2H3,(H,16,17). The predicted molar refractivity (Wildman–Crippen MR) is 68.8 cm³/mol. The van der Waals surface area contributed by atoms with E-state index in [0.29, 0.717) is 0 Å². The van der Waals surface area contributed by atoms with E-state index in [1.807, 2.05) is 0 Å². The lowest BCUT2D eigenvalue weighted by Gasteiger charge is -2.14. The Morgan fingerprint density at radius 2 is 2.00 bits per heavy atom. The average Bonchev–Trinajstić information content (AvgIpc) is 2.35. The van der Waals surface area contributed by atoms with Crippen molar-refractivity contribution in [1.82, 2.24) is 4.31 Å². The number of carboxylic acids is 1. The normalized spacial score (nSPS) is 11.9. The monoisotopic (exact) mass is 308 g/mol. The Morgan fingerprint density at radius 1 is 1.40 bits per heavy atom. The number of anilines is 1. The molecule has 1 aromatic carbocycles. The summed E-state index contributed by atoms with van der Waals surface area (Å²) >= 11 is 0. The van der Waals surface area contributed by atoms with E-state index in [9.17, 15) is 22.0 Å². The van der Waals surface area contributed by atoms with Crippen molar-refractivity contribution in [3.63, 3.8) is 0 Å². The third-order valence-corrected chi connectivity index (χ3v) is 4.26. The van der Waals surface area contributed by atoms with Crippen LogP contribution in [0.2, 0.25) is 0 Å². The molecule has 0 aliphatic rings. The molecule has 112 valence electrons. The van der Waals surface area contributed by atoms with Crippen molar-refractivity contribution < 1.29 is 27.1 Å². The fourth-order valence-electron chi connectivity index (χ4n) is 1.41. The summed E-state index contributed by atoms with van der Waals surface area (Å²) in [6.45, 7) is -0.722. The van der Waals surface area contributed by atoms with E-state index in [4.69, 9.17) is 5.11 Å². The van der Waals surface area contributed by atoms with E-state index in [0.717, 1.165) is 22.5 Å². The molecular formula is C11H14F2N2O4S. The summed E-state index contributed by atoms with van der Waals surface area (Å²) in [5.41, 5.74) is -0.441. The molecule has 2 N–H and O–H groups in total. The van der Waals surface area contributed by atoms with Crippen molar-refractivity contribution in [2.75, 3.05) is 26.0 Å². The van der Waals surface area contributed by atoms with Crippen molar-refractivity contribution in [2.45, 2.75) is 11.3 Å². The highest BCUT2D eigenvalue weighted by Crippen LogP contribution is 2.22. The molecule has 0 aliphatic carbocycles. The molecule has 0 fully saturated rings. The van der Waals surface area contributed by atoms with E-state index in [1.54, 1.807) is 0 Å². The van der Waals surface area contributed by atoms with E-state index in [-0.39, 0.29) is 16.1 Å². The smallest absolute Gasteiger partial charge is 0.337 e. The SMILES string of the molecule is CN(C)S(=O)(=O)c1ccc(NCC(F)F)c(C(=O)O)c1. The fraction of sp³-hybridized carbons (Fsp3) is 0.364. The molecule has 0 unspecified atom stereocenters. The van der Waals surface area contributed by atoms with Gasteiger partial charge in [-0.3, -0.25) is 0 Å². The number of rotatable bonds is 6. The fourth-order valence-corrected chi connectivity index (χ4v) is 2.34. The molecule has 0 saturated carbocycles. The molecular weight excluding hydrogens is 294 g/mol. The number of carbonyl (C=O) groups is 1. The maximum absolute atomic E-state index is 12.1. The molecule has 0 bridgehead atoms. The van der Waals surface area contributed by atoms with Crippen LogP contribution in [0.25, 0.3) is 0 Å². The topological polar surface area (TPSA) is 86.7 Å². The van der Waals surface area contributed by atoms with Gasteiger partial charge in [0.2, 0.25) is 10.0 Å². The van der Waals surface area contributed by atoms with E-state index in [1.165, 1.54) is 14.1 Å². The number of hydrogen-bond donors (Lipinski definition) is 2. The van der Waals surface area contributed by atoms with Gasteiger partial charge in [-0.2, -0.15) is 0 Å². The van der Waals surface area contributed by atoms with E-state index < -0.39 is 29.0 Å². The van der Waals surface area contributed by atoms with Crippen LogP contribution in [0.3, 0.4) is 0 Å². The number of aromatic carboxylic acids is 1. The van der Waals surface area contributed by atoms with E-state index in [2.05, 4.69) is 5.32 Å². The molecule has 1 aromatic rings. The lowest BCUT2D eigenvalue weighted by Crippen LogP contribution is -2.23. The van der Waals surface area contributed by atoms with Crippen molar-refractivity contribution in [1.29, 1.82) is 0 Å². The third kappa shape index (κ3) is 3.64. The number of nitrogens with zero attached hydrogens (tertiary/aromatic N) is 1. The Hall–Kier alpha value is -1.74. The van der Waals surface area contributed by atoms with Crippen molar-refractivity contribution >= 4 is 21.7 Å². The van der Waals surface area contributed by atoms with Crippen molar-refractivity contribution in [3.05, 3.63) is 23.8 Å². The number of carboxylic acid groups (broad SMARTS) is 1. The summed E-state index contributed by atoms with van der Waals surface area (Å²) < 4.78 is 48.9. The zero-order chi connectivity index (χ0) is 15.5. The van der Waals surface area contributed by atoms with Crippen LogP contribution in [-0.4, -0.2) is 50.9 Å². The number of hydrogen-bond acceptors (Lipinski definition) is 4. The Bertz CT molecular complexity index is 602. The van der Waals surface area contributed by atoms with Gasteiger partial charge in [0.25, 0.3) is 6.43 Å². The first kappa shape index (κ1) is 16.3. The second-order valence-corrected chi connectivity index (χ2v) is 6.22. The number of nitrogens with one attached hydrogen (secondary N) is 1. The molecule has 0 amide bonds. The maximum atomic E-state index is 12.1. The van der Waals surface area contributed by atoms with E-state index >= 15 is 0 Å². The van der Waals surface area contributed by atoms with Crippen LogP contribution < -0.4 is 5.32 Å². The van der Waals surface area contributed by atoms with Crippen LogP contribution >= 0.6 is 0 Å². The Kier molecular flexibility index (Phi) is 5.01. The highest BCUT2D eigenvalue weighted by molar-refractivity contribution is 7.89. The van der Waals surface area contributed by atoms with Gasteiger partial charge >= 0.3 is 5.97 Å². The van der Waals surface area contributed by atoms with Gasteiger partial charge in [-0.25, -0.2) is 26.3 Å². The summed E-state index contributed by atoms with van der Waals surface area (Å²) in [5, 5.41) is 11.3. The number of alkyl halides is 2.